The molecular weight excluding hydrogens is 283 g/mol. The summed E-state index contributed by atoms with van der Waals surface area (Å²) in [5.41, 5.74) is -4.52. The molecule has 1 heterocycles. The highest BCUT2D eigenvalue weighted by atomic mass is 32.2. The second kappa shape index (κ2) is 4.84. The van der Waals surface area contributed by atoms with E-state index in [0.29, 0.717) is 6.42 Å². The van der Waals surface area contributed by atoms with Crippen LogP contribution in [0.5, 0.6) is 0 Å². The molecule has 19 heavy (non-hydrogen) atoms. The zero-order valence-corrected chi connectivity index (χ0v) is 10.4. The summed E-state index contributed by atoms with van der Waals surface area (Å²) in [6.07, 6.45) is 5.07. The fourth-order valence-corrected chi connectivity index (χ4v) is 2.34. The minimum atomic E-state index is -5.57. The Morgan fingerprint density at radius 3 is 2.47 bits per heavy atom. The molecule has 0 bridgehead atoms. The van der Waals surface area contributed by atoms with E-state index in [1.54, 1.807) is 24.5 Å². The van der Waals surface area contributed by atoms with Crippen molar-refractivity contribution in [2.24, 2.45) is 0 Å². The van der Waals surface area contributed by atoms with Crippen LogP contribution >= 0.6 is 0 Å². The van der Waals surface area contributed by atoms with Crippen molar-refractivity contribution in [3.8, 4) is 0 Å². The molecule has 0 fully saturated rings. The van der Waals surface area contributed by atoms with Gasteiger partial charge in [-0.3, -0.25) is 4.98 Å². The molecule has 0 saturated heterocycles. The number of halogens is 3. The number of hydrogen-bond acceptors (Lipinski definition) is 4. The largest absolute Gasteiger partial charge is 0.534 e. The van der Waals surface area contributed by atoms with E-state index < -0.39 is 15.6 Å². The standard InChI is InChI=1S/C11H10F3NO3S/c12-11(13,14)19(16,17)18-10-2-1-9(7-10)8-3-5-15-6-4-8/h2-6,9H,1,7H2. The van der Waals surface area contributed by atoms with Crippen LogP contribution in [-0.4, -0.2) is 18.9 Å². The lowest BCUT2D eigenvalue weighted by Gasteiger charge is -2.12. The Balaban J connectivity index is 2.04. The van der Waals surface area contributed by atoms with E-state index in [1.807, 2.05) is 0 Å². The average Bonchev–Trinajstić information content (AvgIpc) is 2.76. The van der Waals surface area contributed by atoms with Gasteiger partial charge in [0.15, 0.2) is 0 Å². The summed E-state index contributed by atoms with van der Waals surface area (Å²) < 4.78 is 62.3. The Morgan fingerprint density at radius 2 is 1.89 bits per heavy atom. The summed E-state index contributed by atoms with van der Waals surface area (Å²) >= 11 is 0. The molecule has 8 heteroatoms. The first-order valence-electron chi connectivity index (χ1n) is 5.39. The maximum atomic E-state index is 12.2. The second-order valence-electron chi connectivity index (χ2n) is 4.07. The molecule has 0 aromatic carbocycles. The molecule has 4 nitrogen and oxygen atoms in total. The van der Waals surface area contributed by atoms with E-state index in [9.17, 15) is 21.6 Å². The van der Waals surface area contributed by atoms with Crippen molar-refractivity contribution in [3.63, 3.8) is 0 Å². The summed E-state index contributed by atoms with van der Waals surface area (Å²) in [5, 5.41) is 0. The quantitative estimate of drug-likeness (QED) is 0.635. The average molecular weight is 293 g/mol. The van der Waals surface area contributed by atoms with Crippen LogP contribution in [0.4, 0.5) is 13.2 Å². The van der Waals surface area contributed by atoms with Crippen molar-refractivity contribution >= 4 is 10.1 Å². The summed E-state index contributed by atoms with van der Waals surface area (Å²) in [6.45, 7) is 0. The van der Waals surface area contributed by atoms with E-state index in [-0.39, 0.29) is 18.1 Å². The predicted molar refractivity (Wildman–Crippen MR) is 60.4 cm³/mol. The van der Waals surface area contributed by atoms with Crippen LogP contribution in [0.1, 0.15) is 24.3 Å². The Kier molecular flexibility index (Phi) is 3.53. The van der Waals surface area contributed by atoms with Gasteiger partial charge in [-0.1, -0.05) is 0 Å². The first kappa shape index (κ1) is 13.9. The molecule has 1 aliphatic rings. The van der Waals surface area contributed by atoms with Crippen LogP contribution < -0.4 is 0 Å². The molecule has 1 unspecified atom stereocenters. The predicted octanol–water partition coefficient (Wildman–Crippen LogP) is 2.71. The lowest BCUT2D eigenvalue weighted by molar-refractivity contribution is -0.0523. The van der Waals surface area contributed by atoms with Crippen molar-refractivity contribution in [3.05, 3.63) is 41.9 Å². The zero-order valence-electron chi connectivity index (χ0n) is 9.59. The highest BCUT2D eigenvalue weighted by Gasteiger charge is 2.49. The van der Waals surface area contributed by atoms with Gasteiger partial charge in [-0.15, -0.1) is 0 Å². The van der Waals surface area contributed by atoms with Gasteiger partial charge in [0.25, 0.3) is 0 Å². The van der Waals surface area contributed by atoms with E-state index in [4.69, 9.17) is 0 Å². The number of allylic oxidation sites excluding steroid dienone is 2. The van der Waals surface area contributed by atoms with E-state index in [1.165, 1.54) is 6.08 Å². The molecule has 1 aliphatic carbocycles. The summed E-state index contributed by atoms with van der Waals surface area (Å²) in [5.74, 6) is -0.249. The zero-order chi connectivity index (χ0) is 14.1. The monoisotopic (exact) mass is 293 g/mol. The Labute approximate surface area is 108 Å². The van der Waals surface area contributed by atoms with Crippen LogP contribution in [0.3, 0.4) is 0 Å². The molecular formula is C11H10F3NO3S. The number of alkyl halides is 3. The van der Waals surface area contributed by atoms with Gasteiger partial charge in [0.2, 0.25) is 0 Å². The molecule has 104 valence electrons. The number of pyridine rings is 1. The lowest BCUT2D eigenvalue weighted by atomic mass is 9.98. The van der Waals surface area contributed by atoms with Gasteiger partial charge in [-0.25, -0.2) is 0 Å². The summed E-state index contributed by atoms with van der Waals surface area (Å²) in [7, 11) is -5.57. The van der Waals surface area contributed by atoms with Crippen LogP contribution in [0, 0.1) is 0 Å². The Morgan fingerprint density at radius 1 is 1.26 bits per heavy atom. The fourth-order valence-electron chi connectivity index (χ4n) is 1.83. The highest BCUT2D eigenvalue weighted by molar-refractivity contribution is 7.87. The minimum Gasteiger partial charge on any atom is -0.381 e. The first-order chi connectivity index (χ1) is 8.79. The molecule has 0 aliphatic heterocycles. The molecule has 1 aromatic rings. The fraction of sp³-hybridized carbons (Fsp3) is 0.364. The summed E-state index contributed by atoms with van der Waals surface area (Å²) in [4.78, 5) is 3.83. The minimum absolute atomic E-state index is 0.0820. The molecule has 0 spiro atoms. The van der Waals surface area contributed by atoms with E-state index in [0.717, 1.165) is 5.56 Å². The van der Waals surface area contributed by atoms with E-state index >= 15 is 0 Å². The van der Waals surface area contributed by atoms with Crippen molar-refractivity contribution in [2.75, 3.05) is 0 Å². The second-order valence-corrected chi connectivity index (χ2v) is 5.61. The smallest absolute Gasteiger partial charge is 0.381 e. The van der Waals surface area contributed by atoms with Crippen molar-refractivity contribution in [1.29, 1.82) is 0 Å². The Bertz CT molecular complexity index is 581. The highest BCUT2D eigenvalue weighted by Crippen LogP contribution is 2.36. The number of rotatable bonds is 3. The van der Waals surface area contributed by atoms with Crippen molar-refractivity contribution in [2.45, 2.75) is 24.3 Å². The first-order valence-corrected chi connectivity index (χ1v) is 6.80. The molecule has 0 radical (unpaired) electrons. The van der Waals surface area contributed by atoms with Crippen molar-refractivity contribution < 1.29 is 25.8 Å². The number of hydrogen-bond donors (Lipinski definition) is 0. The Hall–Kier alpha value is -1.57. The lowest BCUT2D eigenvalue weighted by Crippen LogP contribution is -2.25. The normalized spacial score (nSPS) is 20.2. The summed E-state index contributed by atoms with van der Waals surface area (Å²) in [6, 6.07) is 3.47. The van der Waals surface area contributed by atoms with Crippen LogP contribution in [0.25, 0.3) is 0 Å². The molecule has 2 rings (SSSR count). The maximum absolute atomic E-state index is 12.2. The van der Waals surface area contributed by atoms with Gasteiger partial charge in [0.05, 0.1) is 0 Å². The third-order valence-corrected chi connectivity index (χ3v) is 3.76. The van der Waals surface area contributed by atoms with Crippen LogP contribution in [-0.2, 0) is 14.3 Å². The topological polar surface area (TPSA) is 56.3 Å². The van der Waals surface area contributed by atoms with Crippen LogP contribution in [0.15, 0.2) is 36.4 Å². The van der Waals surface area contributed by atoms with Crippen LogP contribution in [0.2, 0.25) is 0 Å². The van der Waals surface area contributed by atoms with Gasteiger partial charge < -0.3 is 4.18 Å². The molecule has 1 aromatic heterocycles. The molecule has 1 atom stereocenters. The molecule has 0 amide bonds. The third-order valence-electron chi connectivity index (χ3n) is 2.76. The van der Waals surface area contributed by atoms with Gasteiger partial charge in [0.1, 0.15) is 5.76 Å². The van der Waals surface area contributed by atoms with Gasteiger partial charge in [-0.05, 0) is 36.1 Å². The molecule has 0 saturated carbocycles. The maximum Gasteiger partial charge on any atom is 0.534 e. The van der Waals surface area contributed by atoms with Gasteiger partial charge in [-0.2, -0.15) is 21.6 Å². The third kappa shape index (κ3) is 3.06. The molecule has 0 N–H and O–H groups in total. The van der Waals surface area contributed by atoms with Gasteiger partial charge in [0, 0.05) is 18.8 Å². The SMILES string of the molecule is O=S(=O)(OC1=CCC(c2ccncc2)C1)C(F)(F)F. The number of nitrogens with zero attached hydrogens (tertiary/aromatic N) is 1. The van der Waals surface area contributed by atoms with E-state index in [2.05, 4.69) is 9.17 Å². The number of aromatic nitrogens is 1. The van der Waals surface area contributed by atoms with Crippen molar-refractivity contribution in [1.82, 2.24) is 4.98 Å². The van der Waals surface area contributed by atoms with Gasteiger partial charge >= 0.3 is 15.6 Å².